The number of carbonyl (C=O) groups is 1. The van der Waals surface area contributed by atoms with Gasteiger partial charge in [-0.25, -0.2) is 0 Å². The first-order chi connectivity index (χ1) is 8.40. The van der Waals surface area contributed by atoms with Crippen LogP contribution in [0.5, 0.6) is 0 Å². The molecule has 0 fully saturated rings. The minimum atomic E-state index is -0.893. The Morgan fingerprint density at radius 1 is 1.06 bits per heavy atom. The third kappa shape index (κ3) is 9.46. The van der Waals surface area contributed by atoms with Gasteiger partial charge in [-0.15, -0.1) is 0 Å². The fourth-order valence-electron chi connectivity index (χ4n) is 1.61. The number of carbonyl (C=O) groups excluding carboxylic acids is 1. The van der Waals surface area contributed by atoms with E-state index in [0.717, 1.165) is 19.3 Å². The van der Waals surface area contributed by atoms with Crippen LogP contribution in [0.1, 0.15) is 60.3 Å². The molecule has 0 saturated carbocycles. The first kappa shape index (κ1) is 19.8. The number of rotatable bonds is 8. The number of nitrogens with zero attached hydrogens (tertiary/aromatic N) is 1. The number of hydrogen-bond donors (Lipinski definition) is 0. The van der Waals surface area contributed by atoms with Gasteiger partial charge in [-0.05, 0) is 39.5 Å². The number of aliphatic carboxylic acids is 1. The van der Waals surface area contributed by atoms with E-state index in [1.807, 2.05) is 6.92 Å². The van der Waals surface area contributed by atoms with Gasteiger partial charge in [0.05, 0.1) is 26.7 Å². The summed E-state index contributed by atoms with van der Waals surface area (Å²) < 4.78 is 1.21. The Hall–Kier alpha value is -0.570. The molecule has 0 rings (SSSR count). The molecule has 0 bridgehead atoms. The maximum atomic E-state index is 10.3. The van der Waals surface area contributed by atoms with E-state index in [-0.39, 0.29) is 5.92 Å². The van der Waals surface area contributed by atoms with Crippen LogP contribution in [0.15, 0.2) is 0 Å². The van der Waals surface area contributed by atoms with Crippen molar-refractivity contribution < 1.29 is 14.4 Å². The number of hydrogen-bond acceptors (Lipinski definition) is 2. The van der Waals surface area contributed by atoms with E-state index in [1.165, 1.54) is 24.1 Å². The summed E-state index contributed by atoms with van der Waals surface area (Å²) >= 11 is 0. The predicted octanol–water partition coefficient (Wildman–Crippen LogP) is 2.45. The van der Waals surface area contributed by atoms with Crippen molar-refractivity contribution in [1.29, 1.82) is 0 Å². The first-order valence-electron chi connectivity index (χ1n) is 7.44. The van der Waals surface area contributed by atoms with Gasteiger partial charge in [0.25, 0.3) is 0 Å². The summed E-state index contributed by atoms with van der Waals surface area (Å²) in [5.41, 5.74) is 0. The number of unbranched alkanes of at least 4 members (excludes halogenated alkanes) is 1. The summed E-state index contributed by atoms with van der Waals surface area (Å²) in [5, 5.41) is 10.3. The molecule has 0 aliphatic carbocycles. The van der Waals surface area contributed by atoms with Crippen LogP contribution < -0.4 is 5.11 Å². The Morgan fingerprint density at radius 3 is 1.67 bits per heavy atom. The van der Waals surface area contributed by atoms with Gasteiger partial charge in [-0.2, -0.15) is 0 Å². The van der Waals surface area contributed by atoms with Crippen LogP contribution >= 0.6 is 0 Å². The third-order valence-corrected chi connectivity index (χ3v) is 4.02. The van der Waals surface area contributed by atoms with Gasteiger partial charge >= 0.3 is 0 Å². The summed E-state index contributed by atoms with van der Waals surface area (Å²) in [7, 11) is 2.29. The predicted molar refractivity (Wildman–Crippen MR) is 76.1 cm³/mol. The Morgan fingerprint density at radius 2 is 1.50 bits per heavy atom. The van der Waals surface area contributed by atoms with E-state index in [2.05, 4.69) is 34.7 Å². The van der Waals surface area contributed by atoms with Crippen LogP contribution in [0, 0.1) is 5.92 Å². The van der Waals surface area contributed by atoms with Crippen LogP contribution in [-0.2, 0) is 4.79 Å². The minimum Gasteiger partial charge on any atom is -0.550 e. The molecule has 0 aromatic carbocycles. The molecule has 0 aliphatic rings. The lowest BCUT2D eigenvalue weighted by Gasteiger charge is -2.30. The summed E-state index contributed by atoms with van der Waals surface area (Å²) in [6, 6.07) is 0. The lowest BCUT2D eigenvalue weighted by molar-refractivity contribution is -0.904. The van der Waals surface area contributed by atoms with Crippen LogP contribution in [0.2, 0.25) is 0 Å². The molecule has 0 N–H and O–H groups in total. The van der Waals surface area contributed by atoms with E-state index < -0.39 is 5.97 Å². The summed E-state index contributed by atoms with van der Waals surface area (Å²) in [5.74, 6) is -1.11. The van der Waals surface area contributed by atoms with Crippen molar-refractivity contribution in [3.63, 3.8) is 0 Å². The molecular formula is C15H33NO2. The van der Waals surface area contributed by atoms with E-state index in [9.17, 15) is 9.90 Å². The van der Waals surface area contributed by atoms with Gasteiger partial charge in [-0.3, -0.25) is 0 Å². The average molecular weight is 259 g/mol. The highest BCUT2D eigenvalue weighted by Gasteiger charge is 2.10. The van der Waals surface area contributed by atoms with Crippen molar-refractivity contribution in [2.75, 3.05) is 26.7 Å². The zero-order valence-electron chi connectivity index (χ0n) is 13.3. The highest BCUT2D eigenvalue weighted by molar-refractivity contribution is 5.67. The average Bonchev–Trinajstić information content (AvgIpc) is 2.39. The first-order valence-corrected chi connectivity index (χ1v) is 7.44. The highest BCUT2D eigenvalue weighted by Crippen LogP contribution is 2.10. The van der Waals surface area contributed by atoms with Crippen LogP contribution in [0.25, 0.3) is 0 Å². The molecule has 110 valence electrons. The van der Waals surface area contributed by atoms with Gasteiger partial charge in [0, 0.05) is 5.97 Å². The summed E-state index contributed by atoms with van der Waals surface area (Å²) in [6.07, 6.45) is 3.52. The molecule has 0 heterocycles. The maximum Gasteiger partial charge on any atom is 0.0755 e. The quantitative estimate of drug-likeness (QED) is 0.628. The van der Waals surface area contributed by atoms with Gasteiger partial charge in [0.1, 0.15) is 0 Å². The number of quaternary nitrogens is 1. The Balaban J connectivity index is 0. The lowest BCUT2D eigenvalue weighted by atomic mass is 10.00. The molecule has 0 aromatic heterocycles. The molecule has 3 heteroatoms. The van der Waals surface area contributed by atoms with Crippen molar-refractivity contribution in [1.82, 2.24) is 0 Å². The topological polar surface area (TPSA) is 40.1 Å². The molecule has 0 amide bonds. The molecule has 18 heavy (non-hydrogen) atoms. The molecule has 1 atom stereocenters. The monoisotopic (exact) mass is 259 g/mol. The van der Waals surface area contributed by atoms with Crippen LogP contribution in [0.3, 0.4) is 0 Å². The van der Waals surface area contributed by atoms with Crippen molar-refractivity contribution in [3.05, 3.63) is 0 Å². The van der Waals surface area contributed by atoms with Crippen molar-refractivity contribution in [3.8, 4) is 0 Å². The zero-order chi connectivity index (χ0) is 14.6. The molecule has 0 radical (unpaired) electrons. The fourth-order valence-corrected chi connectivity index (χ4v) is 1.61. The molecule has 1 unspecified atom stereocenters. The van der Waals surface area contributed by atoms with Crippen LogP contribution in [-0.4, -0.2) is 37.1 Å². The second-order valence-corrected chi connectivity index (χ2v) is 5.13. The second-order valence-electron chi connectivity index (χ2n) is 5.13. The number of carboxylic acids is 1. The van der Waals surface area contributed by atoms with Crippen molar-refractivity contribution >= 4 is 5.97 Å². The smallest absolute Gasteiger partial charge is 0.0755 e. The fraction of sp³-hybridized carbons (Fsp3) is 0.933. The van der Waals surface area contributed by atoms with E-state index in [0.29, 0.717) is 6.42 Å². The number of carboxylic acid groups (broad SMARTS) is 1. The second kappa shape index (κ2) is 11.5. The Bertz CT molecular complexity index is 192. The van der Waals surface area contributed by atoms with Gasteiger partial charge in [0.2, 0.25) is 0 Å². The third-order valence-electron chi connectivity index (χ3n) is 4.02. The summed E-state index contributed by atoms with van der Waals surface area (Å²) in [6.45, 7) is 14.4. The largest absolute Gasteiger partial charge is 0.550 e. The molecule has 0 aromatic rings. The summed E-state index contributed by atoms with van der Waals surface area (Å²) in [4.78, 5) is 10.3. The van der Waals surface area contributed by atoms with Crippen LogP contribution in [0.4, 0.5) is 0 Å². The van der Waals surface area contributed by atoms with Gasteiger partial charge in [0.15, 0.2) is 0 Å². The highest BCUT2D eigenvalue weighted by atomic mass is 16.4. The Kier molecular flexibility index (Phi) is 12.6. The normalized spacial score (nSPS) is 12.6. The molecule has 0 saturated heterocycles. The molecule has 0 aliphatic heterocycles. The van der Waals surface area contributed by atoms with E-state index in [1.54, 1.807) is 0 Å². The maximum absolute atomic E-state index is 10.3. The SMILES string of the molecule is CCCCC(CC)C(=O)[O-].CC[N+](C)(CC)CC. The minimum absolute atomic E-state index is 0.222. The lowest BCUT2D eigenvalue weighted by Crippen LogP contribution is -2.42. The standard InChI is InChI=1S/C8H16O2.C7H18N/c1-3-5-6-7(4-2)8(9)10;1-5-8(4,6-2)7-3/h7H,3-6H2,1-2H3,(H,9,10);5-7H2,1-4H3/q;+1/p-1. The van der Waals surface area contributed by atoms with Gasteiger partial charge < -0.3 is 14.4 Å². The Labute approximate surface area is 114 Å². The van der Waals surface area contributed by atoms with Crippen molar-refractivity contribution in [2.24, 2.45) is 5.92 Å². The molecule has 3 nitrogen and oxygen atoms in total. The molecular weight excluding hydrogens is 226 g/mol. The van der Waals surface area contributed by atoms with Crippen molar-refractivity contribution in [2.45, 2.75) is 60.3 Å². The molecule has 0 spiro atoms. The zero-order valence-corrected chi connectivity index (χ0v) is 13.3. The van der Waals surface area contributed by atoms with E-state index in [4.69, 9.17) is 0 Å². The van der Waals surface area contributed by atoms with E-state index >= 15 is 0 Å². The van der Waals surface area contributed by atoms with Gasteiger partial charge in [-0.1, -0.05) is 26.7 Å².